The maximum atomic E-state index is 5.39. The van der Waals surface area contributed by atoms with Crippen molar-refractivity contribution in [3.8, 4) is 0 Å². The molecule has 0 spiro atoms. The maximum Gasteiger partial charge on any atom is 0.171 e. The summed E-state index contributed by atoms with van der Waals surface area (Å²) in [5, 5.41) is 7.13. The van der Waals surface area contributed by atoms with E-state index in [9.17, 15) is 0 Å². The van der Waals surface area contributed by atoms with E-state index in [1.807, 2.05) is 12.1 Å². The van der Waals surface area contributed by atoms with Crippen LogP contribution in [0.1, 0.15) is 37.8 Å². The number of nitrogens with zero attached hydrogens (tertiary/aromatic N) is 2. The molecule has 126 valence electrons. The highest BCUT2D eigenvalue weighted by Gasteiger charge is 2.12. The van der Waals surface area contributed by atoms with Crippen molar-refractivity contribution >= 4 is 28.7 Å². The zero-order valence-electron chi connectivity index (χ0n) is 14.0. The molecule has 1 aromatic carbocycles. The molecule has 0 unspecified atom stereocenters. The Balaban J connectivity index is 1.56. The minimum absolute atomic E-state index is 0.155. The van der Waals surface area contributed by atoms with Gasteiger partial charge in [-0.1, -0.05) is 12.1 Å². The zero-order chi connectivity index (χ0) is 16.8. The normalized spacial score (nSPS) is 15.6. The molecule has 1 aromatic heterocycles. The Morgan fingerprint density at radius 3 is 2.38 bits per heavy atom. The van der Waals surface area contributed by atoms with Crippen LogP contribution in [0.3, 0.4) is 0 Å². The summed E-state index contributed by atoms with van der Waals surface area (Å²) in [6.45, 7) is 4.47. The van der Waals surface area contributed by atoms with Crippen LogP contribution in [0, 0.1) is 0 Å². The summed E-state index contributed by atoms with van der Waals surface area (Å²) in [5.41, 5.74) is 3.49. The number of hydrogen-bond donors (Lipinski definition) is 2. The molecule has 0 radical (unpaired) electrons. The van der Waals surface area contributed by atoms with Crippen molar-refractivity contribution in [1.82, 2.24) is 10.3 Å². The Bertz CT molecular complexity index is 651. The topological polar surface area (TPSA) is 40.2 Å². The summed E-state index contributed by atoms with van der Waals surface area (Å²) >= 11 is 5.39. The lowest BCUT2D eigenvalue weighted by Crippen LogP contribution is -2.31. The first kappa shape index (κ1) is 16.7. The molecule has 24 heavy (non-hydrogen) atoms. The van der Waals surface area contributed by atoms with E-state index >= 15 is 0 Å². The summed E-state index contributed by atoms with van der Waals surface area (Å²) < 4.78 is 0. The van der Waals surface area contributed by atoms with Gasteiger partial charge >= 0.3 is 0 Å². The van der Waals surface area contributed by atoms with Crippen LogP contribution in [0.5, 0.6) is 0 Å². The number of thiocarbonyl (C=S) groups is 1. The van der Waals surface area contributed by atoms with Gasteiger partial charge in [0.25, 0.3) is 0 Å². The average molecular weight is 340 g/mol. The molecule has 2 N–H and O–H groups in total. The van der Waals surface area contributed by atoms with Crippen LogP contribution in [-0.4, -0.2) is 23.2 Å². The van der Waals surface area contributed by atoms with Crippen LogP contribution in [0.4, 0.5) is 11.4 Å². The number of pyridine rings is 1. The average Bonchev–Trinajstić information content (AvgIpc) is 2.63. The van der Waals surface area contributed by atoms with Crippen LogP contribution in [-0.2, 0) is 0 Å². The summed E-state index contributed by atoms with van der Waals surface area (Å²) in [6.07, 6.45) is 7.45. The van der Waals surface area contributed by atoms with Gasteiger partial charge in [-0.2, -0.15) is 0 Å². The minimum atomic E-state index is 0.155. The Hall–Kier alpha value is -2.14. The number of piperidine rings is 1. The van der Waals surface area contributed by atoms with Gasteiger partial charge < -0.3 is 15.5 Å². The van der Waals surface area contributed by atoms with Gasteiger partial charge in [0.1, 0.15) is 0 Å². The predicted molar refractivity (Wildman–Crippen MR) is 105 cm³/mol. The molecular formula is C19H24N4S. The summed E-state index contributed by atoms with van der Waals surface area (Å²) in [4.78, 5) is 6.47. The molecule has 1 atom stereocenters. The second-order valence-corrected chi connectivity index (χ2v) is 6.60. The van der Waals surface area contributed by atoms with Crippen molar-refractivity contribution < 1.29 is 0 Å². The molecule has 4 nitrogen and oxygen atoms in total. The van der Waals surface area contributed by atoms with Gasteiger partial charge in [0.05, 0.1) is 6.04 Å². The van der Waals surface area contributed by atoms with Gasteiger partial charge in [-0.05, 0) is 68.2 Å². The van der Waals surface area contributed by atoms with E-state index in [1.165, 1.54) is 43.6 Å². The van der Waals surface area contributed by atoms with Crippen molar-refractivity contribution in [2.24, 2.45) is 0 Å². The Kier molecular flexibility index (Phi) is 5.64. The third kappa shape index (κ3) is 4.45. The fourth-order valence-corrected chi connectivity index (χ4v) is 3.30. The lowest BCUT2D eigenvalue weighted by Gasteiger charge is -2.29. The van der Waals surface area contributed by atoms with Crippen molar-refractivity contribution in [3.05, 3.63) is 54.4 Å². The van der Waals surface area contributed by atoms with Gasteiger partial charge in [-0.25, -0.2) is 0 Å². The fraction of sp³-hybridized carbons (Fsp3) is 0.368. The van der Waals surface area contributed by atoms with Crippen LogP contribution in [0.25, 0.3) is 0 Å². The van der Waals surface area contributed by atoms with E-state index < -0.39 is 0 Å². The highest BCUT2D eigenvalue weighted by Crippen LogP contribution is 2.22. The first-order valence-electron chi connectivity index (χ1n) is 8.55. The minimum Gasteiger partial charge on any atom is -0.372 e. The molecule has 1 saturated heterocycles. The van der Waals surface area contributed by atoms with E-state index in [4.69, 9.17) is 12.2 Å². The van der Waals surface area contributed by atoms with E-state index in [-0.39, 0.29) is 6.04 Å². The van der Waals surface area contributed by atoms with Crippen LogP contribution >= 0.6 is 12.2 Å². The van der Waals surface area contributed by atoms with Crippen molar-refractivity contribution in [1.29, 1.82) is 0 Å². The van der Waals surface area contributed by atoms with Crippen LogP contribution < -0.4 is 15.5 Å². The highest BCUT2D eigenvalue weighted by atomic mass is 32.1. The molecule has 0 bridgehead atoms. The highest BCUT2D eigenvalue weighted by molar-refractivity contribution is 7.80. The molecule has 2 aromatic rings. The van der Waals surface area contributed by atoms with E-state index in [0.717, 1.165) is 5.69 Å². The van der Waals surface area contributed by atoms with Gasteiger partial charge in [-0.3, -0.25) is 4.98 Å². The molecule has 1 fully saturated rings. The van der Waals surface area contributed by atoms with E-state index in [2.05, 4.69) is 51.7 Å². The maximum absolute atomic E-state index is 5.39. The fourth-order valence-electron chi connectivity index (χ4n) is 3.01. The lowest BCUT2D eigenvalue weighted by atomic mass is 10.1. The molecule has 3 rings (SSSR count). The molecule has 0 aliphatic carbocycles. The van der Waals surface area contributed by atoms with Crippen LogP contribution in [0.15, 0.2) is 48.8 Å². The summed E-state index contributed by atoms with van der Waals surface area (Å²) in [5.74, 6) is 0. The Morgan fingerprint density at radius 1 is 1.04 bits per heavy atom. The molecule has 2 heterocycles. The number of hydrogen-bond acceptors (Lipinski definition) is 3. The molecule has 1 aliphatic heterocycles. The second-order valence-electron chi connectivity index (χ2n) is 6.20. The number of aromatic nitrogens is 1. The first-order valence-corrected chi connectivity index (χ1v) is 8.95. The monoisotopic (exact) mass is 340 g/mol. The molecule has 0 saturated carbocycles. The van der Waals surface area contributed by atoms with Gasteiger partial charge in [0.2, 0.25) is 0 Å². The number of rotatable bonds is 4. The SMILES string of the molecule is C[C@H](NC(=S)Nc1ccncc1)c1ccc(N2CCCCC2)cc1. The lowest BCUT2D eigenvalue weighted by molar-refractivity contribution is 0.577. The van der Waals surface area contributed by atoms with Gasteiger partial charge in [0, 0.05) is 36.9 Å². The van der Waals surface area contributed by atoms with Crippen molar-refractivity contribution in [3.63, 3.8) is 0 Å². The van der Waals surface area contributed by atoms with Gasteiger partial charge in [-0.15, -0.1) is 0 Å². The molecular weight excluding hydrogens is 316 g/mol. The first-order chi connectivity index (χ1) is 11.7. The number of nitrogens with one attached hydrogen (secondary N) is 2. The van der Waals surface area contributed by atoms with Crippen molar-refractivity contribution in [2.75, 3.05) is 23.3 Å². The standard InChI is InChI=1S/C19H24N4S/c1-15(21-19(24)22-17-9-11-20-12-10-17)16-5-7-18(8-6-16)23-13-3-2-4-14-23/h5-12,15H,2-4,13-14H2,1H3,(H2,20,21,22,24)/t15-/m0/s1. The third-order valence-electron chi connectivity index (χ3n) is 4.40. The zero-order valence-corrected chi connectivity index (χ0v) is 14.9. The number of benzene rings is 1. The van der Waals surface area contributed by atoms with Crippen molar-refractivity contribution in [2.45, 2.75) is 32.2 Å². The number of anilines is 2. The van der Waals surface area contributed by atoms with E-state index in [1.54, 1.807) is 12.4 Å². The smallest absolute Gasteiger partial charge is 0.171 e. The second kappa shape index (κ2) is 8.11. The Labute approximate surface area is 149 Å². The largest absolute Gasteiger partial charge is 0.372 e. The third-order valence-corrected chi connectivity index (χ3v) is 4.62. The van der Waals surface area contributed by atoms with Gasteiger partial charge in [0.15, 0.2) is 5.11 Å². The Morgan fingerprint density at radius 2 is 1.71 bits per heavy atom. The molecule has 1 aliphatic rings. The summed E-state index contributed by atoms with van der Waals surface area (Å²) in [7, 11) is 0. The van der Waals surface area contributed by atoms with E-state index in [0.29, 0.717) is 5.11 Å². The quantitative estimate of drug-likeness (QED) is 0.819. The molecule has 5 heteroatoms. The van der Waals surface area contributed by atoms with Crippen LogP contribution in [0.2, 0.25) is 0 Å². The summed E-state index contributed by atoms with van der Waals surface area (Å²) in [6, 6.07) is 12.8. The predicted octanol–water partition coefficient (Wildman–Crippen LogP) is 4.12. The molecule has 0 amide bonds.